The molecule has 1 aliphatic rings. The van der Waals surface area contributed by atoms with Gasteiger partial charge >= 0.3 is 0 Å². The molecule has 0 bridgehead atoms. The molecular formula is C17H12N2O2. The number of nitriles is 1. The highest BCUT2D eigenvalue weighted by molar-refractivity contribution is 6.35. The van der Waals surface area contributed by atoms with Gasteiger partial charge in [-0.05, 0) is 37.1 Å². The third-order valence-corrected chi connectivity index (χ3v) is 3.72. The van der Waals surface area contributed by atoms with E-state index in [1.165, 1.54) is 0 Å². The monoisotopic (exact) mass is 276 g/mol. The van der Waals surface area contributed by atoms with Crippen LogP contribution in [0.15, 0.2) is 36.4 Å². The molecule has 2 amide bonds. The molecule has 3 rings (SSSR count). The summed E-state index contributed by atoms with van der Waals surface area (Å²) in [5.41, 5.74) is 3.06. The molecule has 2 aromatic carbocycles. The highest BCUT2D eigenvalue weighted by Gasteiger charge is 2.39. The van der Waals surface area contributed by atoms with Crippen molar-refractivity contribution in [2.75, 3.05) is 4.90 Å². The fraction of sp³-hybridized carbons (Fsp3) is 0.118. The summed E-state index contributed by atoms with van der Waals surface area (Å²) in [6.45, 7) is 3.62. The maximum Gasteiger partial charge on any atom is 0.266 e. The second-order valence-electron chi connectivity index (χ2n) is 5.02. The number of benzene rings is 2. The van der Waals surface area contributed by atoms with Crippen LogP contribution in [0.1, 0.15) is 37.4 Å². The van der Waals surface area contributed by atoms with Gasteiger partial charge in [0.05, 0.1) is 22.4 Å². The van der Waals surface area contributed by atoms with Crippen LogP contribution in [0.3, 0.4) is 0 Å². The largest absolute Gasteiger partial charge is 0.268 e. The predicted octanol–water partition coefficient (Wildman–Crippen LogP) is 2.98. The molecule has 102 valence electrons. The molecule has 0 spiro atoms. The van der Waals surface area contributed by atoms with Crippen LogP contribution in [-0.2, 0) is 0 Å². The first-order chi connectivity index (χ1) is 10.1. The number of anilines is 1. The maximum absolute atomic E-state index is 12.6. The molecule has 4 nitrogen and oxygen atoms in total. The van der Waals surface area contributed by atoms with Crippen molar-refractivity contribution in [3.05, 3.63) is 64.2 Å². The molecule has 0 aromatic heterocycles. The number of hydrogen-bond acceptors (Lipinski definition) is 3. The summed E-state index contributed by atoms with van der Waals surface area (Å²) < 4.78 is 0. The van der Waals surface area contributed by atoms with E-state index in [-0.39, 0.29) is 11.8 Å². The zero-order valence-electron chi connectivity index (χ0n) is 11.7. The van der Waals surface area contributed by atoms with Crippen molar-refractivity contribution >= 4 is 17.5 Å². The van der Waals surface area contributed by atoms with Gasteiger partial charge in [-0.25, -0.2) is 4.90 Å². The highest BCUT2D eigenvalue weighted by Crippen LogP contribution is 2.33. The van der Waals surface area contributed by atoms with Crippen molar-refractivity contribution < 1.29 is 9.59 Å². The summed E-state index contributed by atoms with van der Waals surface area (Å²) >= 11 is 0. The number of carbonyl (C=O) groups excluding carboxylic acids is 2. The van der Waals surface area contributed by atoms with Crippen LogP contribution in [-0.4, -0.2) is 11.8 Å². The van der Waals surface area contributed by atoms with E-state index >= 15 is 0 Å². The van der Waals surface area contributed by atoms with Gasteiger partial charge in [0, 0.05) is 0 Å². The van der Waals surface area contributed by atoms with Crippen LogP contribution in [0.25, 0.3) is 0 Å². The van der Waals surface area contributed by atoms with E-state index in [2.05, 4.69) is 0 Å². The van der Waals surface area contributed by atoms with Gasteiger partial charge in [-0.2, -0.15) is 5.26 Å². The lowest BCUT2D eigenvalue weighted by molar-refractivity contribution is 0.0926. The summed E-state index contributed by atoms with van der Waals surface area (Å²) in [5, 5.41) is 9.18. The van der Waals surface area contributed by atoms with Gasteiger partial charge in [0.15, 0.2) is 0 Å². The third-order valence-electron chi connectivity index (χ3n) is 3.72. The first-order valence-electron chi connectivity index (χ1n) is 6.54. The molecule has 0 aliphatic carbocycles. The van der Waals surface area contributed by atoms with Gasteiger partial charge in [-0.1, -0.05) is 24.3 Å². The van der Waals surface area contributed by atoms with Gasteiger partial charge < -0.3 is 0 Å². The Labute approximate surface area is 122 Å². The van der Waals surface area contributed by atoms with Gasteiger partial charge in [0.25, 0.3) is 11.8 Å². The summed E-state index contributed by atoms with van der Waals surface area (Å²) in [6, 6.07) is 12.3. The van der Waals surface area contributed by atoms with Gasteiger partial charge in [-0.3, -0.25) is 9.59 Å². The number of carbonyl (C=O) groups is 2. The second-order valence-corrected chi connectivity index (χ2v) is 5.02. The molecule has 0 atom stereocenters. The fourth-order valence-electron chi connectivity index (χ4n) is 2.66. The molecule has 21 heavy (non-hydrogen) atoms. The van der Waals surface area contributed by atoms with E-state index in [1.54, 1.807) is 24.3 Å². The van der Waals surface area contributed by atoms with Crippen molar-refractivity contribution in [1.82, 2.24) is 0 Å². The lowest BCUT2D eigenvalue weighted by atomic mass is 9.99. The molecule has 0 fully saturated rings. The molecule has 0 saturated carbocycles. The van der Waals surface area contributed by atoms with E-state index < -0.39 is 0 Å². The minimum Gasteiger partial charge on any atom is -0.268 e. The van der Waals surface area contributed by atoms with Gasteiger partial charge in [0.1, 0.15) is 6.07 Å². The number of rotatable bonds is 1. The lowest BCUT2D eigenvalue weighted by Crippen LogP contribution is -2.30. The third kappa shape index (κ3) is 1.75. The molecule has 0 N–H and O–H groups in total. The Morgan fingerprint density at radius 2 is 1.43 bits per heavy atom. The zero-order chi connectivity index (χ0) is 15.1. The van der Waals surface area contributed by atoms with Gasteiger partial charge in [-0.15, -0.1) is 0 Å². The molecule has 2 aromatic rings. The molecular weight excluding hydrogens is 264 g/mol. The Balaban J connectivity index is 2.24. The van der Waals surface area contributed by atoms with E-state index in [0.717, 1.165) is 16.0 Å². The minimum atomic E-state index is -0.362. The van der Waals surface area contributed by atoms with Crippen LogP contribution in [0, 0.1) is 25.2 Å². The van der Waals surface area contributed by atoms with Crippen molar-refractivity contribution in [3.8, 4) is 6.07 Å². The second kappa shape index (κ2) is 4.57. The number of hydrogen-bond donors (Lipinski definition) is 0. The Morgan fingerprint density at radius 1 is 0.905 bits per heavy atom. The maximum atomic E-state index is 12.6. The fourth-order valence-corrected chi connectivity index (χ4v) is 2.66. The minimum absolute atomic E-state index is 0.308. The van der Waals surface area contributed by atoms with Gasteiger partial charge in [0.2, 0.25) is 0 Å². The number of fused-ring (bicyclic) bond motifs is 1. The summed E-state index contributed by atoms with van der Waals surface area (Å²) in [5.74, 6) is -0.724. The standard InChI is InChI=1S/C17H12N2O2/c1-10-7-8-11(2)15-14(10)16(20)19(17(15)21)13-6-4-3-5-12(13)9-18/h3-8H,1-2H3. The molecule has 1 aliphatic heterocycles. The molecule has 0 unspecified atom stereocenters. The van der Waals surface area contributed by atoms with E-state index in [4.69, 9.17) is 0 Å². The Bertz CT molecular complexity index is 790. The SMILES string of the molecule is Cc1ccc(C)c2c1C(=O)N(c1ccccc1C#N)C2=O. The van der Waals surface area contributed by atoms with E-state index in [0.29, 0.717) is 22.4 Å². The van der Waals surface area contributed by atoms with Crippen molar-refractivity contribution in [3.63, 3.8) is 0 Å². The first kappa shape index (κ1) is 13.1. The summed E-state index contributed by atoms with van der Waals surface area (Å²) in [4.78, 5) is 26.4. The number of nitrogens with zero attached hydrogens (tertiary/aromatic N) is 2. The van der Waals surface area contributed by atoms with Crippen LogP contribution in [0.4, 0.5) is 5.69 Å². The summed E-state index contributed by atoms with van der Waals surface area (Å²) in [7, 11) is 0. The smallest absolute Gasteiger partial charge is 0.266 e. The van der Waals surface area contributed by atoms with Crippen LogP contribution >= 0.6 is 0 Å². The van der Waals surface area contributed by atoms with Crippen LogP contribution < -0.4 is 4.90 Å². The normalized spacial score (nSPS) is 13.3. The van der Waals surface area contributed by atoms with Crippen molar-refractivity contribution in [2.24, 2.45) is 0 Å². The topological polar surface area (TPSA) is 61.2 Å². The van der Waals surface area contributed by atoms with Crippen molar-refractivity contribution in [2.45, 2.75) is 13.8 Å². The molecule has 1 heterocycles. The predicted molar refractivity (Wildman–Crippen MR) is 78.2 cm³/mol. The Hall–Kier alpha value is -2.93. The van der Waals surface area contributed by atoms with Crippen LogP contribution in [0.2, 0.25) is 0 Å². The highest BCUT2D eigenvalue weighted by atomic mass is 16.2. The zero-order valence-corrected chi connectivity index (χ0v) is 11.7. The van der Waals surface area contributed by atoms with E-state index in [9.17, 15) is 14.9 Å². The Kier molecular flexibility index (Phi) is 2.84. The lowest BCUT2D eigenvalue weighted by Gasteiger charge is -2.15. The molecule has 0 radical (unpaired) electrons. The Morgan fingerprint density at radius 3 is 1.95 bits per heavy atom. The van der Waals surface area contributed by atoms with Crippen molar-refractivity contribution in [1.29, 1.82) is 5.26 Å². The van der Waals surface area contributed by atoms with E-state index in [1.807, 2.05) is 32.0 Å². The molecule has 0 saturated heterocycles. The molecule has 4 heteroatoms. The number of amides is 2. The number of imide groups is 1. The summed E-state index contributed by atoms with van der Waals surface area (Å²) in [6.07, 6.45) is 0. The number of para-hydroxylation sites is 1. The average Bonchev–Trinajstić information content (AvgIpc) is 2.75. The number of aryl methyl sites for hydroxylation is 2. The average molecular weight is 276 g/mol. The quantitative estimate of drug-likeness (QED) is 0.752. The van der Waals surface area contributed by atoms with Crippen LogP contribution in [0.5, 0.6) is 0 Å². The first-order valence-corrected chi connectivity index (χ1v) is 6.54.